The van der Waals surface area contributed by atoms with Gasteiger partial charge in [0.1, 0.15) is 34.7 Å². The van der Waals surface area contributed by atoms with Crippen LogP contribution >= 0.6 is 0 Å². The maximum absolute atomic E-state index is 12.5. The highest BCUT2D eigenvalue weighted by Crippen LogP contribution is 2.73. The number of carbonyl (C=O) groups excluding carboxylic acids is 8. The molecule has 116 heavy (non-hydrogen) atoms. The van der Waals surface area contributed by atoms with Crippen LogP contribution in [-0.2, 0) is 43.1 Å². The van der Waals surface area contributed by atoms with E-state index >= 15 is 0 Å². The van der Waals surface area contributed by atoms with Gasteiger partial charge in [-0.15, -0.1) is 0 Å². The van der Waals surface area contributed by atoms with Crippen molar-refractivity contribution < 1.29 is 48.2 Å². The van der Waals surface area contributed by atoms with Gasteiger partial charge in [0, 0.05) is 90.3 Å². The third-order valence-electron chi connectivity index (χ3n) is 41.7. The molecule has 0 aromatic rings. The minimum absolute atomic E-state index is 0. The van der Waals surface area contributed by atoms with Crippen molar-refractivity contribution in [3.8, 4) is 0 Å². The van der Waals surface area contributed by atoms with E-state index in [-0.39, 0.29) is 87.4 Å². The Balaban J connectivity index is 0.000000132. The third-order valence-corrected chi connectivity index (χ3v) is 41.7. The number of Topliss-reactive ketones (excluding diaryl/α,β-unsaturated/α-hetero) is 6. The van der Waals surface area contributed by atoms with E-state index in [1.165, 1.54) is 146 Å². The van der Waals surface area contributed by atoms with E-state index in [2.05, 4.69) is 81.4 Å². The number of hydrogen-bond donors (Lipinski definition) is 1. The summed E-state index contributed by atoms with van der Waals surface area (Å²) >= 11 is 0. The zero-order valence-electron chi connectivity index (χ0n) is 71.0. The normalized spacial score (nSPS) is 48.1. The summed E-state index contributed by atoms with van der Waals surface area (Å²) in [5, 5.41) is 10.2. The van der Waals surface area contributed by atoms with Crippen molar-refractivity contribution in [2.24, 2.45) is 155 Å². The van der Waals surface area contributed by atoms with Gasteiger partial charge in [0.15, 0.2) is 11.6 Å². The number of carbonyl (C=O) groups is 8. The van der Waals surface area contributed by atoms with Crippen LogP contribution in [0.15, 0.2) is 46.6 Å². The average Bonchev–Trinajstić information content (AvgIpc) is 1.47. The lowest BCUT2D eigenvalue weighted by atomic mass is 9.43. The lowest BCUT2D eigenvalue weighted by molar-refractivity contribution is -0.147. The summed E-state index contributed by atoms with van der Waals surface area (Å²) in [5.74, 6) is 15.7. The Morgan fingerprint density at radius 2 is 0.733 bits per heavy atom. The van der Waals surface area contributed by atoms with Gasteiger partial charge in [-0.3, -0.25) is 38.4 Å². The molecule has 17 fully saturated rings. The summed E-state index contributed by atoms with van der Waals surface area (Å²) in [6.07, 6.45) is 58.7. The summed E-state index contributed by atoms with van der Waals surface area (Å²) in [6, 6.07) is 0. The Labute approximate surface area is 705 Å². The molecule has 20 aliphatic carbocycles. The van der Waals surface area contributed by atoms with Crippen LogP contribution in [0.2, 0.25) is 0 Å². The first-order chi connectivity index (χ1) is 53.1. The number of allylic oxidation sites excluding steroid dienone is 5. The second-order valence-corrected chi connectivity index (χ2v) is 44.2. The van der Waals surface area contributed by atoms with Crippen LogP contribution in [0.1, 0.15) is 395 Å². The van der Waals surface area contributed by atoms with E-state index in [1.54, 1.807) is 11.1 Å². The number of epoxide rings is 1. The number of ether oxygens (including phenoxy) is 1. The lowest BCUT2D eigenvalue weighted by Crippen LogP contribution is -2.55. The molecular formula is C106H166O10. The quantitative estimate of drug-likeness (QED) is 0.261. The molecule has 16 saturated carbocycles. The summed E-state index contributed by atoms with van der Waals surface area (Å²) < 4.78 is 5.87. The van der Waals surface area contributed by atoms with Crippen LogP contribution in [0.5, 0.6) is 0 Å². The lowest BCUT2D eigenvalue weighted by Gasteiger charge is -2.61. The van der Waals surface area contributed by atoms with Crippen LogP contribution in [-0.4, -0.2) is 70.2 Å². The Hall–Kier alpha value is -3.76. The van der Waals surface area contributed by atoms with E-state index in [9.17, 15) is 43.5 Å². The van der Waals surface area contributed by atoms with Gasteiger partial charge >= 0.3 is 0 Å². The highest BCUT2D eigenvalue weighted by molar-refractivity contribution is 5.93. The molecule has 0 bridgehead atoms. The van der Waals surface area contributed by atoms with Gasteiger partial charge in [-0.25, -0.2) is 0 Å². The first kappa shape index (κ1) is 91.4. The molecule has 1 heterocycles. The van der Waals surface area contributed by atoms with Crippen LogP contribution in [0.4, 0.5) is 0 Å². The van der Waals surface area contributed by atoms with Gasteiger partial charge in [-0.2, -0.15) is 0 Å². The molecular weight excluding hydrogens is 1430 g/mol. The molecule has 0 unspecified atom stereocenters. The van der Waals surface area contributed by atoms with Gasteiger partial charge < -0.3 is 9.84 Å². The van der Waals surface area contributed by atoms with Crippen LogP contribution in [0.25, 0.3) is 0 Å². The minimum atomic E-state index is -0.163. The standard InChI is InChI=1S/C21H32O2.C21H30O.C20H30O2.C20H28O2.C19H26O3.5CH4/c1-3-21-11-10-20(13-23-20)12-14(21)4-5-15-16-6-7-18(22)19(16,2)9-8-17(15)21;1-4-21-12-9-14(2)13-15(21)5-6-16-17-7-8-19(22)20(17,3)11-10-18(16)21;2*1-3-20-11-8-14(21)12-13(20)4-5-15-16-6-7-18(22)19(16,2)10-9-17(15)20;1-18-8-7-16-14(15(18)4-5-17(18)22)3-2-12-10-13(21)6-9-19(12,16)11-20;;;;;/h14-17H,3-13H2,1-2H3;5,13,16-18H,4,6-12H2,1-3H3;13,15-17H,3-12H2,1-2H3;12,15-17H,3-11H2,1-2H3;10,14-16,20H,2-9,11H2,1H3;5*1H4/t14-,15-,16-,17-,19-,20+,21-;16-,17-,18-,20-,21-;13-,15-,16-,17-,19-,20-;15-,16-,17-,19-,20-;14-,15-,16-,18-,19+;;;;;/m00000...../s1. The summed E-state index contributed by atoms with van der Waals surface area (Å²) in [5.41, 5.74) is 7.64. The molecule has 1 N–H and O–H groups in total. The Bertz CT molecular complexity index is 3780. The van der Waals surface area contributed by atoms with Gasteiger partial charge in [0.25, 0.3) is 0 Å². The molecule has 10 heteroatoms. The number of rotatable bonds is 5. The van der Waals surface area contributed by atoms with Crippen molar-refractivity contribution in [2.45, 2.75) is 401 Å². The average molecular weight is 1600 g/mol. The zero-order valence-corrected chi connectivity index (χ0v) is 71.0. The van der Waals surface area contributed by atoms with Crippen molar-refractivity contribution >= 4 is 46.3 Å². The van der Waals surface area contributed by atoms with Crippen molar-refractivity contribution in [3.05, 3.63) is 46.6 Å². The SMILES string of the molecule is C.C.C.C.C.CC[C@]12CCC(=O)C=C1CC[C@@H]1[C@@H]2CC[C@]2(C)C(=O)CC[C@@H]12.CC[C@]12CCC(=O)C[C@@H]1CC[C@@H]1[C@@H]2CC[C@]2(C)C(=O)CC[C@@H]12.CC[C@]12CCC(C)=CC1=CC[C@@H]1[C@@H]2CC[C@]2(C)C(=O)CC[C@@H]12.CC[C@]12CC[C@]3(CO3)C[C@@H]1CC[C@@H]1[C@@H]2CC[C@]2(C)C(=O)CC[C@@H]12.C[C@]12CC[C@H]3[C@@H](CCC4=CC(=O)CC[C@@]43CO)[C@@H]1CCC2=O. The fourth-order valence-electron chi connectivity index (χ4n) is 35.2. The topological polar surface area (TPSA) is 169 Å². The van der Waals surface area contributed by atoms with E-state index in [4.69, 9.17) is 4.74 Å². The van der Waals surface area contributed by atoms with Crippen molar-refractivity contribution in [1.82, 2.24) is 0 Å². The maximum atomic E-state index is 12.5. The Morgan fingerprint density at radius 1 is 0.353 bits per heavy atom. The molecule has 1 aliphatic heterocycles. The number of aliphatic hydroxyl groups is 1. The largest absolute Gasteiger partial charge is 0.395 e. The molecule has 0 aromatic heterocycles. The van der Waals surface area contributed by atoms with Crippen LogP contribution in [0, 0.1) is 155 Å². The molecule has 21 rings (SSSR count). The van der Waals surface area contributed by atoms with Crippen molar-refractivity contribution in [2.75, 3.05) is 13.2 Å². The van der Waals surface area contributed by atoms with E-state index in [0.717, 1.165) is 208 Å². The molecule has 10 nitrogen and oxygen atoms in total. The molecule has 28 atom stereocenters. The van der Waals surface area contributed by atoms with E-state index in [0.29, 0.717) is 116 Å². The summed E-state index contributed by atoms with van der Waals surface area (Å²) in [7, 11) is 0. The first-order valence-electron chi connectivity index (χ1n) is 47.4. The predicted molar refractivity (Wildman–Crippen MR) is 470 cm³/mol. The number of fused-ring (bicyclic) bond motifs is 25. The Kier molecular flexibility index (Phi) is 26.3. The number of aliphatic hydroxyl groups excluding tert-OH is 1. The van der Waals surface area contributed by atoms with Crippen LogP contribution < -0.4 is 0 Å². The number of ketones is 8. The molecule has 0 amide bonds. The predicted octanol–water partition coefficient (Wildman–Crippen LogP) is 25.5. The molecule has 0 radical (unpaired) electrons. The molecule has 0 aromatic carbocycles. The zero-order chi connectivity index (χ0) is 78.0. The smallest absolute Gasteiger partial charge is 0.155 e. The summed E-state index contributed by atoms with van der Waals surface area (Å²) in [6.45, 7) is 24.3. The minimum Gasteiger partial charge on any atom is -0.395 e. The van der Waals surface area contributed by atoms with Gasteiger partial charge in [0.2, 0.25) is 0 Å². The molecule has 1 spiro atoms. The van der Waals surface area contributed by atoms with Crippen molar-refractivity contribution in [3.63, 3.8) is 0 Å². The van der Waals surface area contributed by atoms with Crippen molar-refractivity contribution in [1.29, 1.82) is 0 Å². The van der Waals surface area contributed by atoms with Gasteiger partial charge in [-0.05, 0) is 378 Å². The van der Waals surface area contributed by atoms with E-state index < -0.39 is 0 Å². The second-order valence-electron chi connectivity index (χ2n) is 44.2. The monoisotopic (exact) mass is 1600 g/mol. The number of hydrogen-bond acceptors (Lipinski definition) is 10. The highest BCUT2D eigenvalue weighted by atomic mass is 16.6. The molecule has 650 valence electrons. The van der Waals surface area contributed by atoms with Crippen LogP contribution in [0.3, 0.4) is 0 Å². The fourth-order valence-corrected chi connectivity index (χ4v) is 35.2. The highest BCUT2D eigenvalue weighted by Gasteiger charge is 2.68. The van der Waals surface area contributed by atoms with E-state index in [1.807, 2.05) is 12.2 Å². The molecule has 21 aliphatic rings. The maximum Gasteiger partial charge on any atom is 0.155 e. The van der Waals surface area contributed by atoms with Gasteiger partial charge in [-0.1, -0.05) is 128 Å². The summed E-state index contributed by atoms with van der Waals surface area (Å²) in [4.78, 5) is 97.9. The molecule has 1 saturated heterocycles. The Morgan fingerprint density at radius 3 is 1.16 bits per heavy atom. The third kappa shape index (κ3) is 13.8. The van der Waals surface area contributed by atoms with Gasteiger partial charge in [0.05, 0.1) is 18.8 Å². The first-order valence-corrected chi connectivity index (χ1v) is 47.4. The fraction of sp³-hybridized carbons (Fsp3) is 0.849. The second kappa shape index (κ2) is 33.4.